The molecule has 3 N–H and O–H groups in total. The zero-order chi connectivity index (χ0) is 32.4. The molecule has 0 amide bonds. The fourth-order valence-electron chi connectivity index (χ4n) is 5.82. The van der Waals surface area contributed by atoms with Crippen LogP contribution in [0.25, 0.3) is 28.2 Å². The molecule has 7 nitrogen and oxygen atoms in total. The summed E-state index contributed by atoms with van der Waals surface area (Å²) in [5.74, 6) is 0.0371. The Balaban J connectivity index is 1.50. The number of nitrogens with zero attached hydrogens (tertiary/aromatic N) is 2. The molecular weight excluding hydrogens is 595 g/mol. The van der Waals surface area contributed by atoms with E-state index >= 15 is 0 Å². The minimum absolute atomic E-state index is 0.0227. The fraction of sp³-hybridized carbons (Fsp3) is 0.222. The van der Waals surface area contributed by atoms with E-state index in [1.165, 1.54) is 54.6 Å². The molecule has 1 fully saturated rings. The van der Waals surface area contributed by atoms with Crippen LogP contribution in [-0.2, 0) is 6.18 Å². The van der Waals surface area contributed by atoms with E-state index in [2.05, 4.69) is 10.4 Å². The first kappa shape index (κ1) is 30.9. The van der Waals surface area contributed by atoms with Crippen LogP contribution in [0.2, 0.25) is 0 Å². The lowest BCUT2D eigenvalue weighted by atomic mass is 9.94. The summed E-state index contributed by atoms with van der Waals surface area (Å²) in [4.78, 5) is 14.5. The summed E-state index contributed by atoms with van der Waals surface area (Å²) in [6.45, 7) is 2.95. The Bertz CT molecular complexity index is 1830. The van der Waals surface area contributed by atoms with Crippen LogP contribution in [0.1, 0.15) is 47.7 Å². The van der Waals surface area contributed by atoms with Crippen LogP contribution in [-0.4, -0.2) is 44.5 Å². The Kier molecular flexibility index (Phi) is 8.55. The van der Waals surface area contributed by atoms with Gasteiger partial charge >= 0.3 is 6.18 Å². The first-order valence-electron chi connectivity index (χ1n) is 15.0. The summed E-state index contributed by atoms with van der Waals surface area (Å²) in [6.07, 6.45) is -1.52. The summed E-state index contributed by atoms with van der Waals surface area (Å²) in [5.41, 5.74) is 0.149. The van der Waals surface area contributed by atoms with Crippen molar-refractivity contribution in [2.24, 2.45) is 0 Å². The van der Waals surface area contributed by atoms with Gasteiger partial charge in [0.15, 0.2) is 5.78 Å². The standard InChI is InChI=1S/C36H32F3N3O4/c1-22(30-7-4-5-21-40-30)46-28-19-13-25(14-20-28)35(45)32-33(23-9-15-26(43)16-10-23)41-42(34(32)24-11-17-27(44)18-12-24)31-8-3-2-6-29(31)36(37,38)39/h2-3,6,8-20,22,30,40,43-44H,4-5,7,21H2,1H3. The molecule has 2 unspecified atom stereocenters. The lowest BCUT2D eigenvalue weighted by Gasteiger charge is -2.29. The second-order valence-electron chi connectivity index (χ2n) is 11.3. The molecule has 1 saturated heterocycles. The minimum Gasteiger partial charge on any atom is -0.508 e. The van der Waals surface area contributed by atoms with Gasteiger partial charge in [0.1, 0.15) is 29.0 Å². The zero-order valence-corrected chi connectivity index (χ0v) is 25.0. The molecule has 4 aromatic carbocycles. The van der Waals surface area contributed by atoms with E-state index in [0.717, 1.165) is 36.6 Å². The van der Waals surface area contributed by atoms with E-state index in [1.807, 2.05) is 6.92 Å². The van der Waals surface area contributed by atoms with Crippen LogP contribution in [0.4, 0.5) is 13.2 Å². The quantitative estimate of drug-likeness (QED) is 0.152. The maximum atomic E-state index is 14.5. The number of carbonyl (C=O) groups excluding carboxylic acids is 1. The summed E-state index contributed by atoms with van der Waals surface area (Å²) in [6, 6.07) is 23.7. The number of ether oxygens (including phenoxy) is 1. The molecule has 2 atom stereocenters. The Morgan fingerprint density at radius 1 is 0.891 bits per heavy atom. The number of carbonyl (C=O) groups is 1. The molecule has 236 valence electrons. The van der Waals surface area contributed by atoms with Gasteiger partial charge in [-0.1, -0.05) is 18.6 Å². The maximum Gasteiger partial charge on any atom is 0.418 e. The Morgan fingerprint density at radius 2 is 1.52 bits per heavy atom. The minimum atomic E-state index is -4.71. The third-order valence-corrected chi connectivity index (χ3v) is 8.19. The van der Waals surface area contributed by atoms with Crippen molar-refractivity contribution in [2.45, 2.75) is 44.5 Å². The van der Waals surface area contributed by atoms with Gasteiger partial charge in [0.2, 0.25) is 0 Å². The van der Waals surface area contributed by atoms with Gasteiger partial charge in [-0.2, -0.15) is 18.3 Å². The number of piperidine rings is 1. The third-order valence-electron chi connectivity index (χ3n) is 8.19. The monoisotopic (exact) mass is 627 g/mol. The van der Waals surface area contributed by atoms with Crippen LogP contribution >= 0.6 is 0 Å². The van der Waals surface area contributed by atoms with Gasteiger partial charge in [-0.15, -0.1) is 0 Å². The summed E-state index contributed by atoms with van der Waals surface area (Å²) in [7, 11) is 0. The molecule has 0 spiro atoms. The molecule has 0 radical (unpaired) electrons. The molecule has 0 aliphatic carbocycles. The SMILES string of the molecule is CC(Oc1ccc(C(=O)c2c(-c3ccc(O)cc3)nn(-c3ccccc3C(F)(F)F)c2-c2ccc(O)cc2)cc1)C1CCCCN1. The van der Waals surface area contributed by atoms with Crippen molar-refractivity contribution in [3.05, 3.63) is 114 Å². The number of para-hydroxylation sites is 1. The van der Waals surface area contributed by atoms with Gasteiger partial charge in [0, 0.05) is 22.7 Å². The first-order chi connectivity index (χ1) is 22.1. The second kappa shape index (κ2) is 12.7. The number of hydrogen-bond acceptors (Lipinski definition) is 6. The number of rotatable bonds is 8. The van der Waals surface area contributed by atoms with Crippen molar-refractivity contribution in [3.8, 4) is 45.5 Å². The van der Waals surface area contributed by atoms with Crippen molar-refractivity contribution >= 4 is 5.78 Å². The third kappa shape index (κ3) is 6.34. The maximum absolute atomic E-state index is 14.5. The topological polar surface area (TPSA) is 96.6 Å². The highest BCUT2D eigenvalue weighted by Gasteiger charge is 2.36. The number of halogens is 3. The summed E-state index contributed by atoms with van der Waals surface area (Å²) < 4.78 is 50.1. The molecule has 10 heteroatoms. The van der Waals surface area contributed by atoms with Crippen LogP contribution in [0, 0.1) is 0 Å². The number of alkyl halides is 3. The number of ketones is 1. The van der Waals surface area contributed by atoms with Gasteiger partial charge in [-0.05, 0) is 111 Å². The molecule has 1 aromatic heterocycles. The number of hydrogen-bond donors (Lipinski definition) is 3. The van der Waals surface area contributed by atoms with Gasteiger partial charge in [-0.3, -0.25) is 4.79 Å². The molecule has 6 rings (SSSR count). The highest BCUT2D eigenvalue weighted by molar-refractivity contribution is 6.16. The van der Waals surface area contributed by atoms with E-state index in [1.54, 1.807) is 36.4 Å². The molecule has 0 saturated carbocycles. The van der Waals surface area contributed by atoms with Crippen molar-refractivity contribution < 1.29 is 32.9 Å². The average molecular weight is 628 g/mol. The van der Waals surface area contributed by atoms with Gasteiger partial charge in [-0.25, -0.2) is 4.68 Å². The lowest BCUT2D eigenvalue weighted by molar-refractivity contribution is -0.137. The van der Waals surface area contributed by atoms with Crippen LogP contribution in [0.3, 0.4) is 0 Å². The number of phenolic OH excluding ortho intramolecular Hbond substituents is 2. The van der Waals surface area contributed by atoms with Gasteiger partial charge in [0.05, 0.1) is 22.5 Å². The summed E-state index contributed by atoms with van der Waals surface area (Å²) >= 11 is 0. The fourth-order valence-corrected chi connectivity index (χ4v) is 5.82. The van der Waals surface area contributed by atoms with E-state index in [4.69, 9.17) is 4.74 Å². The van der Waals surface area contributed by atoms with Crippen molar-refractivity contribution in [1.82, 2.24) is 15.1 Å². The second-order valence-corrected chi connectivity index (χ2v) is 11.3. The zero-order valence-electron chi connectivity index (χ0n) is 25.0. The number of aromatic hydroxyl groups is 2. The molecule has 2 heterocycles. The molecular formula is C36H32F3N3O4. The number of benzene rings is 4. The average Bonchev–Trinajstić information content (AvgIpc) is 3.46. The van der Waals surface area contributed by atoms with Gasteiger partial charge in [0.25, 0.3) is 0 Å². The van der Waals surface area contributed by atoms with Crippen LogP contribution in [0.15, 0.2) is 97.1 Å². The largest absolute Gasteiger partial charge is 0.508 e. The van der Waals surface area contributed by atoms with Crippen molar-refractivity contribution in [1.29, 1.82) is 0 Å². The van der Waals surface area contributed by atoms with E-state index in [9.17, 15) is 28.2 Å². The van der Waals surface area contributed by atoms with Crippen molar-refractivity contribution in [3.63, 3.8) is 0 Å². The smallest absolute Gasteiger partial charge is 0.418 e. The summed E-state index contributed by atoms with van der Waals surface area (Å²) in [5, 5.41) is 28.1. The van der Waals surface area contributed by atoms with Gasteiger partial charge < -0.3 is 20.3 Å². The van der Waals surface area contributed by atoms with E-state index in [-0.39, 0.29) is 51.8 Å². The molecule has 46 heavy (non-hydrogen) atoms. The molecule has 1 aliphatic rings. The van der Waals surface area contributed by atoms with E-state index in [0.29, 0.717) is 16.9 Å². The van der Waals surface area contributed by atoms with Crippen LogP contribution in [0.5, 0.6) is 17.2 Å². The number of phenols is 2. The first-order valence-corrected chi connectivity index (χ1v) is 15.0. The number of nitrogens with one attached hydrogen (secondary N) is 1. The lowest BCUT2D eigenvalue weighted by Crippen LogP contribution is -2.44. The Morgan fingerprint density at radius 3 is 2.13 bits per heavy atom. The van der Waals surface area contributed by atoms with E-state index < -0.39 is 17.5 Å². The predicted molar refractivity (Wildman–Crippen MR) is 168 cm³/mol. The normalized spacial score (nSPS) is 15.8. The Labute approximate surface area is 263 Å². The van der Waals surface area contributed by atoms with Crippen molar-refractivity contribution in [2.75, 3.05) is 6.54 Å². The number of aromatic nitrogens is 2. The molecule has 1 aliphatic heterocycles. The molecule has 0 bridgehead atoms. The molecule has 5 aromatic rings. The van der Waals surface area contributed by atoms with Crippen LogP contribution < -0.4 is 10.1 Å². The predicted octanol–water partition coefficient (Wildman–Crippen LogP) is 7.78. The highest BCUT2D eigenvalue weighted by atomic mass is 19.4. The highest BCUT2D eigenvalue weighted by Crippen LogP contribution is 2.40. The Hall–Kier alpha value is -5.09.